The van der Waals surface area contributed by atoms with Gasteiger partial charge in [-0.05, 0) is 44.0 Å². The first-order valence-electron chi connectivity index (χ1n) is 10.3. The number of hydrogen-bond acceptors (Lipinski definition) is 4. The number of piperazine rings is 1. The van der Waals surface area contributed by atoms with E-state index < -0.39 is 0 Å². The fraction of sp³-hybridized carbons (Fsp3) is 0.435. The lowest BCUT2D eigenvalue weighted by Crippen LogP contribution is -2.55. The third kappa shape index (κ3) is 3.85. The number of hydrogen-bond donors (Lipinski definition) is 1. The van der Waals surface area contributed by atoms with Crippen LogP contribution in [0.1, 0.15) is 28.8 Å². The maximum absolute atomic E-state index is 13.0. The fourth-order valence-corrected chi connectivity index (χ4v) is 4.45. The molecule has 2 aliphatic heterocycles. The van der Waals surface area contributed by atoms with E-state index >= 15 is 0 Å². The van der Waals surface area contributed by atoms with Gasteiger partial charge >= 0.3 is 0 Å². The molecular weight excluding hydrogens is 350 g/mol. The molecule has 2 saturated heterocycles. The van der Waals surface area contributed by atoms with Crippen LogP contribution in [0.4, 0.5) is 5.69 Å². The average Bonchev–Trinajstić information content (AvgIpc) is 2.76. The van der Waals surface area contributed by atoms with Crippen LogP contribution in [0.3, 0.4) is 0 Å². The summed E-state index contributed by atoms with van der Waals surface area (Å²) in [5.41, 5.74) is 2.59. The third-order valence-electron chi connectivity index (χ3n) is 6.17. The van der Waals surface area contributed by atoms with E-state index in [-0.39, 0.29) is 11.7 Å². The van der Waals surface area contributed by atoms with E-state index in [0.29, 0.717) is 17.2 Å². The second kappa shape index (κ2) is 8.23. The monoisotopic (exact) mass is 379 g/mol. The number of para-hydroxylation sites is 1. The molecule has 1 N–H and O–H groups in total. The molecule has 148 valence electrons. The largest absolute Gasteiger partial charge is 0.508 e. The zero-order valence-corrected chi connectivity index (χ0v) is 16.6. The smallest absolute Gasteiger partial charge is 0.254 e. The number of carbonyl (C=O) groups excluding carboxylic acids is 1. The van der Waals surface area contributed by atoms with Crippen LogP contribution < -0.4 is 4.90 Å². The van der Waals surface area contributed by atoms with Crippen molar-refractivity contribution in [1.82, 2.24) is 9.80 Å². The Kier molecular flexibility index (Phi) is 5.53. The van der Waals surface area contributed by atoms with Crippen molar-refractivity contribution < 1.29 is 9.90 Å². The van der Waals surface area contributed by atoms with Gasteiger partial charge < -0.3 is 14.9 Å². The summed E-state index contributed by atoms with van der Waals surface area (Å²) in [7, 11) is 0. The van der Waals surface area contributed by atoms with Crippen molar-refractivity contribution in [3.05, 3.63) is 59.7 Å². The number of phenols is 1. The summed E-state index contributed by atoms with van der Waals surface area (Å²) >= 11 is 0. The topological polar surface area (TPSA) is 47.0 Å². The van der Waals surface area contributed by atoms with Gasteiger partial charge in [0.05, 0.1) is 0 Å². The standard InChI is InChI=1S/C23H29N3O2/c1-18-21(10-5-11-22(18)27)23(28)26-12-6-9-20(17-26)25-15-13-24(14-16-25)19-7-3-2-4-8-19/h2-5,7-8,10-11,20,27H,6,9,12-17H2,1H3/t20-/m0/s1. The summed E-state index contributed by atoms with van der Waals surface area (Å²) in [5, 5.41) is 9.94. The molecule has 2 aromatic carbocycles. The minimum absolute atomic E-state index is 0.0426. The van der Waals surface area contributed by atoms with Crippen LogP contribution in [0.2, 0.25) is 0 Å². The van der Waals surface area contributed by atoms with Crippen molar-refractivity contribution in [3.63, 3.8) is 0 Å². The van der Waals surface area contributed by atoms with Crippen LogP contribution in [0, 0.1) is 6.92 Å². The van der Waals surface area contributed by atoms with Gasteiger partial charge in [-0.2, -0.15) is 0 Å². The van der Waals surface area contributed by atoms with Crippen molar-refractivity contribution in [1.29, 1.82) is 0 Å². The highest BCUT2D eigenvalue weighted by Gasteiger charge is 2.31. The summed E-state index contributed by atoms with van der Waals surface area (Å²) in [6.45, 7) is 7.51. The van der Waals surface area contributed by atoms with E-state index in [1.165, 1.54) is 5.69 Å². The Bertz CT molecular complexity index is 816. The van der Waals surface area contributed by atoms with Gasteiger partial charge in [-0.1, -0.05) is 24.3 Å². The van der Waals surface area contributed by atoms with Crippen LogP contribution in [0.15, 0.2) is 48.5 Å². The van der Waals surface area contributed by atoms with Gasteiger partial charge in [-0.3, -0.25) is 9.69 Å². The molecule has 5 nitrogen and oxygen atoms in total. The van der Waals surface area contributed by atoms with Gasteiger partial charge in [0.25, 0.3) is 5.91 Å². The Morgan fingerprint density at radius 1 is 0.964 bits per heavy atom. The van der Waals surface area contributed by atoms with Gasteiger partial charge in [0.2, 0.25) is 0 Å². The first kappa shape index (κ1) is 18.8. The fourth-order valence-electron chi connectivity index (χ4n) is 4.45. The molecule has 2 aliphatic rings. The first-order chi connectivity index (χ1) is 13.6. The zero-order chi connectivity index (χ0) is 19.5. The summed E-state index contributed by atoms with van der Waals surface area (Å²) < 4.78 is 0. The summed E-state index contributed by atoms with van der Waals surface area (Å²) in [4.78, 5) is 20.0. The number of carbonyl (C=O) groups is 1. The average molecular weight is 380 g/mol. The lowest BCUT2D eigenvalue weighted by Gasteiger charge is -2.44. The van der Waals surface area contributed by atoms with E-state index in [9.17, 15) is 9.90 Å². The van der Waals surface area contributed by atoms with Gasteiger partial charge in [-0.25, -0.2) is 0 Å². The van der Waals surface area contributed by atoms with Gasteiger partial charge in [0.15, 0.2) is 0 Å². The highest BCUT2D eigenvalue weighted by Crippen LogP contribution is 2.25. The van der Waals surface area contributed by atoms with E-state index in [2.05, 4.69) is 40.1 Å². The minimum atomic E-state index is 0.0426. The number of phenolic OH excluding ortho intramolecular Hbond substituents is 1. The molecule has 0 radical (unpaired) electrons. The lowest BCUT2D eigenvalue weighted by atomic mass is 10.0. The van der Waals surface area contributed by atoms with Crippen LogP contribution in [0.25, 0.3) is 0 Å². The normalized spacial score (nSPS) is 21.0. The van der Waals surface area contributed by atoms with E-state index in [1.807, 2.05) is 17.9 Å². The van der Waals surface area contributed by atoms with Crippen molar-refractivity contribution in [2.24, 2.45) is 0 Å². The van der Waals surface area contributed by atoms with Crippen molar-refractivity contribution in [3.8, 4) is 5.75 Å². The second-order valence-corrected chi connectivity index (χ2v) is 7.86. The molecule has 0 bridgehead atoms. The lowest BCUT2D eigenvalue weighted by molar-refractivity contribution is 0.0562. The Hall–Kier alpha value is -2.53. The molecule has 4 rings (SSSR count). The van der Waals surface area contributed by atoms with Crippen LogP contribution in [0.5, 0.6) is 5.75 Å². The number of piperidine rings is 1. The summed E-state index contributed by atoms with van der Waals surface area (Å²) in [6, 6.07) is 16.2. The molecule has 0 spiro atoms. The van der Waals surface area contributed by atoms with Crippen LogP contribution in [-0.2, 0) is 0 Å². The first-order valence-corrected chi connectivity index (χ1v) is 10.3. The van der Waals surface area contributed by atoms with E-state index in [1.54, 1.807) is 12.1 Å². The molecule has 0 aliphatic carbocycles. The van der Waals surface area contributed by atoms with E-state index in [4.69, 9.17) is 0 Å². The quantitative estimate of drug-likeness (QED) is 0.890. The summed E-state index contributed by atoms with van der Waals surface area (Å²) in [6.07, 6.45) is 2.18. The predicted molar refractivity (Wildman–Crippen MR) is 112 cm³/mol. The molecule has 28 heavy (non-hydrogen) atoms. The number of aromatic hydroxyl groups is 1. The number of rotatable bonds is 3. The molecule has 1 amide bonds. The zero-order valence-electron chi connectivity index (χ0n) is 16.6. The molecule has 2 fully saturated rings. The highest BCUT2D eigenvalue weighted by molar-refractivity contribution is 5.96. The number of nitrogens with zero attached hydrogens (tertiary/aromatic N) is 3. The molecule has 2 aromatic rings. The molecule has 0 aromatic heterocycles. The Morgan fingerprint density at radius 3 is 2.46 bits per heavy atom. The molecule has 0 saturated carbocycles. The number of anilines is 1. The second-order valence-electron chi connectivity index (χ2n) is 7.86. The molecule has 1 atom stereocenters. The maximum Gasteiger partial charge on any atom is 0.254 e. The van der Waals surface area contributed by atoms with Gasteiger partial charge in [0.1, 0.15) is 5.75 Å². The Morgan fingerprint density at radius 2 is 1.71 bits per heavy atom. The number of amides is 1. The van der Waals surface area contributed by atoms with E-state index in [0.717, 1.165) is 52.1 Å². The van der Waals surface area contributed by atoms with Gasteiger partial charge in [0, 0.05) is 62.1 Å². The number of likely N-dealkylation sites (tertiary alicyclic amines) is 1. The number of benzene rings is 2. The molecular formula is C23H29N3O2. The third-order valence-corrected chi connectivity index (χ3v) is 6.17. The van der Waals surface area contributed by atoms with Crippen molar-refractivity contribution >= 4 is 11.6 Å². The molecule has 5 heteroatoms. The minimum Gasteiger partial charge on any atom is -0.508 e. The maximum atomic E-state index is 13.0. The summed E-state index contributed by atoms with van der Waals surface area (Å²) in [5.74, 6) is 0.234. The molecule has 0 unspecified atom stereocenters. The van der Waals surface area contributed by atoms with Crippen molar-refractivity contribution in [2.75, 3.05) is 44.2 Å². The highest BCUT2D eigenvalue weighted by atomic mass is 16.3. The Balaban J connectivity index is 1.38. The molecule has 2 heterocycles. The van der Waals surface area contributed by atoms with Crippen molar-refractivity contribution in [2.45, 2.75) is 25.8 Å². The van der Waals surface area contributed by atoms with Crippen LogP contribution in [-0.4, -0.2) is 66.1 Å². The van der Waals surface area contributed by atoms with Gasteiger partial charge in [-0.15, -0.1) is 0 Å². The SMILES string of the molecule is Cc1c(O)cccc1C(=O)N1CCC[C@H](N2CCN(c3ccccc3)CC2)C1. The predicted octanol–water partition coefficient (Wildman–Crippen LogP) is 3.13. The Labute approximate surface area is 167 Å². The van der Waals surface area contributed by atoms with Crippen LogP contribution >= 0.6 is 0 Å².